The van der Waals surface area contributed by atoms with Crippen LogP contribution >= 0.6 is 11.3 Å². The SMILES string of the molecule is CCOc1cc(CN=Nc2nc(-c3ccc([N+](=O)[O-])cc3)cs2)ccc1O. The number of nitro benzene ring substituents is 1. The summed E-state index contributed by atoms with van der Waals surface area (Å²) >= 11 is 1.33. The first-order chi connectivity index (χ1) is 13.1. The summed E-state index contributed by atoms with van der Waals surface area (Å²) in [4.78, 5) is 14.6. The third-order valence-electron chi connectivity index (χ3n) is 3.60. The Morgan fingerprint density at radius 3 is 2.74 bits per heavy atom. The molecule has 138 valence electrons. The number of nitrogens with zero attached hydrogens (tertiary/aromatic N) is 4. The van der Waals surface area contributed by atoms with Crippen LogP contribution in [0.1, 0.15) is 12.5 Å². The Bertz CT molecular complexity index is 970. The lowest BCUT2D eigenvalue weighted by molar-refractivity contribution is -0.384. The van der Waals surface area contributed by atoms with Gasteiger partial charge in [-0.2, -0.15) is 5.11 Å². The molecule has 9 heteroatoms. The first kappa shape index (κ1) is 18.5. The van der Waals surface area contributed by atoms with Gasteiger partial charge in [-0.05, 0) is 36.8 Å². The van der Waals surface area contributed by atoms with E-state index in [-0.39, 0.29) is 11.4 Å². The van der Waals surface area contributed by atoms with E-state index in [1.165, 1.54) is 23.5 Å². The molecule has 8 nitrogen and oxygen atoms in total. The number of non-ortho nitro benzene ring substituents is 1. The van der Waals surface area contributed by atoms with Crippen LogP contribution in [0, 0.1) is 10.1 Å². The third kappa shape index (κ3) is 4.64. The van der Waals surface area contributed by atoms with Gasteiger partial charge in [0, 0.05) is 23.1 Å². The van der Waals surface area contributed by atoms with E-state index in [0.717, 1.165) is 11.1 Å². The zero-order chi connectivity index (χ0) is 19.2. The van der Waals surface area contributed by atoms with E-state index < -0.39 is 4.92 Å². The van der Waals surface area contributed by atoms with Gasteiger partial charge in [-0.25, -0.2) is 4.98 Å². The second-order valence-corrected chi connectivity index (χ2v) is 6.29. The van der Waals surface area contributed by atoms with Gasteiger partial charge in [0.05, 0.1) is 23.8 Å². The molecule has 0 saturated heterocycles. The van der Waals surface area contributed by atoms with Crippen molar-refractivity contribution in [2.75, 3.05) is 6.61 Å². The number of thiazole rings is 1. The van der Waals surface area contributed by atoms with Crippen molar-refractivity contribution in [2.45, 2.75) is 13.5 Å². The lowest BCUT2D eigenvalue weighted by atomic mass is 10.1. The molecule has 0 amide bonds. The summed E-state index contributed by atoms with van der Waals surface area (Å²) in [6.45, 7) is 2.63. The van der Waals surface area contributed by atoms with E-state index in [1.54, 1.807) is 30.3 Å². The molecule has 0 radical (unpaired) electrons. The smallest absolute Gasteiger partial charge is 0.269 e. The van der Waals surface area contributed by atoms with Crippen LogP contribution in [-0.2, 0) is 6.54 Å². The van der Waals surface area contributed by atoms with E-state index in [2.05, 4.69) is 15.2 Å². The first-order valence-corrected chi connectivity index (χ1v) is 8.97. The molecule has 0 spiro atoms. The number of hydrogen-bond acceptors (Lipinski definition) is 8. The number of hydrogen-bond donors (Lipinski definition) is 1. The summed E-state index contributed by atoms with van der Waals surface area (Å²) in [6.07, 6.45) is 0. The highest BCUT2D eigenvalue weighted by Crippen LogP contribution is 2.29. The molecular formula is C18H16N4O4S. The van der Waals surface area contributed by atoms with Gasteiger partial charge in [-0.15, -0.1) is 16.5 Å². The van der Waals surface area contributed by atoms with Gasteiger partial charge in [0.2, 0.25) is 5.13 Å². The van der Waals surface area contributed by atoms with E-state index in [1.807, 2.05) is 12.3 Å². The molecule has 1 N–H and O–H groups in total. The summed E-state index contributed by atoms with van der Waals surface area (Å²) in [7, 11) is 0. The lowest BCUT2D eigenvalue weighted by Crippen LogP contribution is -1.93. The zero-order valence-corrected chi connectivity index (χ0v) is 15.2. The maximum Gasteiger partial charge on any atom is 0.269 e. The van der Waals surface area contributed by atoms with Gasteiger partial charge in [-0.3, -0.25) is 10.1 Å². The monoisotopic (exact) mass is 384 g/mol. The van der Waals surface area contributed by atoms with Crippen LogP contribution in [0.25, 0.3) is 11.3 Å². The van der Waals surface area contributed by atoms with Crippen LogP contribution in [0.3, 0.4) is 0 Å². The highest BCUT2D eigenvalue weighted by atomic mass is 32.1. The van der Waals surface area contributed by atoms with Crippen LogP contribution in [0.2, 0.25) is 0 Å². The molecule has 0 unspecified atom stereocenters. The number of aromatic hydroxyl groups is 1. The molecule has 0 aliphatic heterocycles. The molecule has 0 atom stereocenters. The minimum Gasteiger partial charge on any atom is -0.504 e. The Hall–Kier alpha value is -3.33. The molecule has 0 saturated carbocycles. The molecule has 0 fully saturated rings. The molecular weight excluding hydrogens is 368 g/mol. The fraction of sp³-hybridized carbons (Fsp3) is 0.167. The number of phenolic OH excluding ortho intramolecular Hbond substituents is 1. The second-order valence-electron chi connectivity index (χ2n) is 5.45. The van der Waals surface area contributed by atoms with Crippen molar-refractivity contribution in [2.24, 2.45) is 10.2 Å². The maximum absolute atomic E-state index is 10.7. The number of rotatable bonds is 7. The summed E-state index contributed by atoms with van der Waals surface area (Å²) in [6, 6.07) is 11.2. The van der Waals surface area contributed by atoms with Gasteiger partial charge in [0.15, 0.2) is 11.5 Å². The Morgan fingerprint density at radius 1 is 1.26 bits per heavy atom. The standard InChI is InChI=1S/C18H16N4O4S/c1-2-26-17-9-12(3-8-16(17)23)10-19-21-18-20-15(11-27-18)13-4-6-14(7-5-13)22(24)25/h3-9,11,23H,2,10H2,1H3. The van der Waals surface area contributed by atoms with Crippen molar-refractivity contribution in [1.29, 1.82) is 0 Å². The van der Waals surface area contributed by atoms with Crippen molar-refractivity contribution in [3.8, 4) is 22.8 Å². The molecule has 3 aromatic rings. The zero-order valence-electron chi connectivity index (χ0n) is 14.4. The average molecular weight is 384 g/mol. The van der Waals surface area contributed by atoms with Crippen molar-refractivity contribution in [3.63, 3.8) is 0 Å². The number of ether oxygens (including phenoxy) is 1. The molecule has 3 rings (SSSR count). The fourth-order valence-corrected chi connectivity index (χ4v) is 2.96. The Balaban J connectivity index is 1.67. The molecule has 0 aliphatic carbocycles. The lowest BCUT2D eigenvalue weighted by Gasteiger charge is -2.06. The van der Waals surface area contributed by atoms with E-state index >= 15 is 0 Å². The van der Waals surface area contributed by atoms with Gasteiger partial charge in [0.1, 0.15) is 0 Å². The number of aromatic nitrogens is 1. The topological polar surface area (TPSA) is 110 Å². The van der Waals surface area contributed by atoms with Crippen molar-refractivity contribution < 1.29 is 14.8 Å². The molecule has 1 aromatic heterocycles. The summed E-state index contributed by atoms with van der Waals surface area (Å²) in [5, 5.41) is 31.0. The van der Waals surface area contributed by atoms with Crippen molar-refractivity contribution in [3.05, 3.63) is 63.5 Å². The summed E-state index contributed by atoms with van der Waals surface area (Å²) in [5.41, 5.74) is 2.35. The average Bonchev–Trinajstić information content (AvgIpc) is 3.13. The molecule has 0 bridgehead atoms. The number of phenols is 1. The molecule has 1 heterocycles. The largest absolute Gasteiger partial charge is 0.504 e. The van der Waals surface area contributed by atoms with Crippen molar-refractivity contribution in [1.82, 2.24) is 4.98 Å². The predicted octanol–water partition coefficient (Wildman–Crippen LogP) is 5.11. The normalized spacial score (nSPS) is 11.0. The first-order valence-electron chi connectivity index (χ1n) is 8.09. The van der Waals surface area contributed by atoms with E-state index in [4.69, 9.17) is 4.74 Å². The Morgan fingerprint density at radius 2 is 2.04 bits per heavy atom. The van der Waals surface area contributed by atoms with Gasteiger partial charge in [0.25, 0.3) is 5.69 Å². The van der Waals surface area contributed by atoms with E-state index in [9.17, 15) is 15.2 Å². The van der Waals surface area contributed by atoms with Crippen LogP contribution in [0.5, 0.6) is 11.5 Å². The van der Waals surface area contributed by atoms with Crippen LogP contribution in [0.4, 0.5) is 10.8 Å². The quantitative estimate of drug-likeness (QED) is 0.346. The molecule has 2 aromatic carbocycles. The Kier molecular flexibility index (Phi) is 5.72. The summed E-state index contributed by atoms with van der Waals surface area (Å²) < 4.78 is 5.34. The predicted molar refractivity (Wildman–Crippen MR) is 102 cm³/mol. The minimum absolute atomic E-state index is 0.0363. The van der Waals surface area contributed by atoms with Gasteiger partial charge in [-0.1, -0.05) is 6.07 Å². The highest BCUT2D eigenvalue weighted by Gasteiger charge is 2.08. The number of nitro groups is 1. The number of benzene rings is 2. The van der Waals surface area contributed by atoms with Gasteiger partial charge < -0.3 is 9.84 Å². The van der Waals surface area contributed by atoms with Crippen LogP contribution in [0.15, 0.2) is 58.1 Å². The second kappa shape index (κ2) is 8.37. The molecule has 27 heavy (non-hydrogen) atoms. The Labute approximate surface area is 159 Å². The fourth-order valence-electron chi connectivity index (χ4n) is 2.30. The van der Waals surface area contributed by atoms with E-state index in [0.29, 0.717) is 29.7 Å². The minimum atomic E-state index is -0.440. The van der Waals surface area contributed by atoms with Crippen LogP contribution in [-0.4, -0.2) is 21.6 Å². The summed E-state index contributed by atoms with van der Waals surface area (Å²) in [5.74, 6) is 0.505. The van der Waals surface area contributed by atoms with Crippen LogP contribution < -0.4 is 4.74 Å². The number of azo groups is 1. The molecule has 0 aliphatic rings. The highest BCUT2D eigenvalue weighted by molar-refractivity contribution is 7.13. The maximum atomic E-state index is 10.7. The van der Waals surface area contributed by atoms with Crippen molar-refractivity contribution >= 4 is 22.2 Å². The van der Waals surface area contributed by atoms with Gasteiger partial charge >= 0.3 is 0 Å². The third-order valence-corrected chi connectivity index (χ3v) is 4.32.